The van der Waals surface area contributed by atoms with E-state index >= 15 is 0 Å². The van der Waals surface area contributed by atoms with E-state index in [0.717, 1.165) is 42.7 Å². The third kappa shape index (κ3) is 5.80. The summed E-state index contributed by atoms with van der Waals surface area (Å²) in [6.45, 7) is 3.78. The van der Waals surface area contributed by atoms with E-state index in [0.29, 0.717) is 24.0 Å². The third-order valence-corrected chi connectivity index (χ3v) is 6.52. The molecule has 2 aliphatic rings. The monoisotopic (exact) mass is 507 g/mol. The molecule has 3 N–H and O–H groups in total. The van der Waals surface area contributed by atoms with Gasteiger partial charge in [0.25, 0.3) is 5.56 Å². The number of aliphatic carboxylic acids is 1. The first-order valence-corrected chi connectivity index (χ1v) is 11.1. The van der Waals surface area contributed by atoms with E-state index in [4.69, 9.17) is 15.4 Å². The Hall–Kier alpha value is -3.99. The van der Waals surface area contributed by atoms with Gasteiger partial charge in [-0.1, -0.05) is 24.2 Å². The van der Waals surface area contributed by atoms with Gasteiger partial charge in [-0.3, -0.25) is 4.79 Å². The molecule has 0 bridgehead atoms. The van der Waals surface area contributed by atoms with Crippen LogP contribution in [0.2, 0.25) is 0 Å². The number of carboxylic acids is 2. The highest BCUT2D eigenvalue weighted by Crippen LogP contribution is 2.41. The van der Waals surface area contributed by atoms with Crippen molar-refractivity contribution in [2.24, 2.45) is 17.0 Å². The van der Waals surface area contributed by atoms with E-state index < -0.39 is 23.7 Å². The summed E-state index contributed by atoms with van der Waals surface area (Å²) in [6.07, 6.45) is -2.39. The number of azide groups is 1. The van der Waals surface area contributed by atoms with Crippen LogP contribution >= 0.6 is 0 Å². The maximum atomic E-state index is 12.1. The molecule has 3 atom stereocenters. The summed E-state index contributed by atoms with van der Waals surface area (Å²) >= 11 is 0. The van der Waals surface area contributed by atoms with Gasteiger partial charge < -0.3 is 20.1 Å². The van der Waals surface area contributed by atoms with Gasteiger partial charge in [0.05, 0.1) is 5.69 Å². The smallest absolute Gasteiger partial charge is 0.477 e. The SMILES string of the molecule is CCc1cc(C(=O)O)c(=O)[nH]c1-c1ccc(N2C[C@H]3CC[C@H](N=[N+]=[N-])[C@H]3C2)cc1.O=C(O)C(F)(F)F. The second kappa shape index (κ2) is 10.7. The molecule has 1 aromatic carbocycles. The highest BCUT2D eigenvalue weighted by molar-refractivity contribution is 5.88. The van der Waals surface area contributed by atoms with Gasteiger partial charge in [-0.15, -0.1) is 0 Å². The molecule has 13 heteroatoms. The van der Waals surface area contributed by atoms with Gasteiger partial charge >= 0.3 is 18.1 Å². The van der Waals surface area contributed by atoms with Gasteiger partial charge in [0.15, 0.2) is 0 Å². The molecule has 2 heterocycles. The standard InChI is InChI=1S/C21H23N5O3.C2HF3O2/c1-2-12-9-16(21(28)29)20(27)23-19(12)13-3-6-15(7-4-13)26-10-14-5-8-18(24-25-22)17(14)11-26;3-2(4,5)1(6)7/h3-4,6-7,9,14,17-18H,2,5,8,10-11H2,1H3,(H,23,27)(H,28,29);(H,6,7)/t14-,17+,18+;/m1./s1. The number of carboxylic acid groups (broad SMARTS) is 2. The number of H-pyrrole nitrogens is 1. The zero-order valence-electron chi connectivity index (χ0n) is 19.2. The number of aryl methyl sites for hydroxylation is 1. The summed E-state index contributed by atoms with van der Waals surface area (Å²) in [6, 6.07) is 9.53. The number of rotatable bonds is 5. The number of aromatic amines is 1. The van der Waals surface area contributed by atoms with Crippen molar-refractivity contribution in [3.63, 3.8) is 0 Å². The maximum Gasteiger partial charge on any atom is 0.490 e. The van der Waals surface area contributed by atoms with Crippen LogP contribution in [-0.2, 0) is 11.2 Å². The minimum absolute atomic E-state index is 0.0965. The lowest BCUT2D eigenvalue weighted by atomic mass is 9.98. The van der Waals surface area contributed by atoms with Gasteiger partial charge in [-0.25, -0.2) is 9.59 Å². The highest BCUT2D eigenvalue weighted by Gasteiger charge is 2.42. The van der Waals surface area contributed by atoms with Crippen molar-refractivity contribution in [1.29, 1.82) is 0 Å². The van der Waals surface area contributed by atoms with Gasteiger partial charge in [0, 0.05) is 29.7 Å². The molecule has 1 aliphatic heterocycles. The molecule has 4 rings (SSSR count). The number of halogens is 3. The van der Waals surface area contributed by atoms with E-state index in [1.807, 2.05) is 31.2 Å². The summed E-state index contributed by atoms with van der Waals surface area (Å²) in [5.41, 5.74) is 11.3. The first-order valence-electron chi connectivity index (χ1n) is 11.1. The lowest BCUT2D eigenvalue weighted by Crippen LogP contribution is -2.23. The van der Waals surface area contributed by atoms with Crippen LogP contribution in [0.3, 0.4) is 0 Å². The lowest BCUT2D eigenvalue weighted by Gasteiger charge is -2.21. The average molecular weight is 507 g/mol. The minimum atomic E-state index is -5.08. The van der Waals surface area contributed by atoms with E-state index in [1.165, 1.54) is 6.07 Å². The lowest BCUT2D eigenvalue weighted by molar-refractivity contribution is -0.192. The van der Waals surface area contributed by atoms with Crippen LogP contribution in [0, 0.1) is 11.8 Å². The van der Waals surface area contributed by atoms with Gasteiger partial charge in [-0.2, -0.15) is 13.2 Å². The molecule has 0 amide bonds. The number of hydrogen-bond acceptors (Lipinski definition) is 5. The molecule has 36 heavy (non-hydrogen) atoms. The topological polar surface area (TPSA) is 159 Å². The summed E-state index contributed by atoms with van der Waals surface area (Å²) < 4.78 is 31.7. The van der Waals surface area contributed by atoms with Gasteiger partial charge in [0.2, 0.25) is 0 Å². The Labute approximate surface area is 203 Å². The molecule has 1 aliphatic carbocycles. The Morgan fingerprint density at radius 3 is 2.36 bits per heavy atom. The molecule has 2 aromatic rings. The molecular formula is C23H24F3N5O5. The van der Waals surface area contributed by atoms with E-state index in [1.54, 1.807) is 0 Å². The quantitative estimate of drug-likeness (QED) is 0.308. The Morgan fingerprint density at radius 2 is 1.83 bits per heavy atom. The Kier molecular flexibility index (Phi) is 7.93. The fraction of sp³-hybridized carbons (Fsp3) is 0.435. The average Bonchev–Trinajstić information content (AvgIpc) is 3.41. The number of nitrogens with zero attached hydrogens (tertiary/aromatic N) is 4. The number of fused-ring (bicyclic) bond motifs is 1. The molecule has 1 saturated heterocycles. The molecule has 2 fully saturated rings. The van der Waals surface area contributed by atoms with Gasteiger partial charge in [0.1, 0.15) is 5.56 Å². The fourth-order valence-electron chi connectivity index (χ4n) is 4.76. The van der Waals surface area contributed by atoms with Gasteiger partial charge in [-0.05, 0) is 66.0 Å². The first kappa shape index (κ1) is 26.6. The molecule has 0 radical (unpaired) electrons. The Bertz CT molecular complexity index is 1240. The van der Waals surface area contributed by atoms with Crippen LogP contribution in [0.15, 0.2) is 40.2 Å². The maximum absolute atomic E-state index is 12.1. The number of aromatic nitrogens is 1. The van der Waals surface area contributed by atoms with Crippen LogP contribution in [-0.4, -0.2) is 52.4 Å². The fourth-order valence-corrected chi connectivity index (χ4v) is 4.76. The Balaban J connectivity index is 0.000000454. The number of hydrogen-bond donors (Lipinski definition) is 3. The zero-order valence-corrected chi connectivity index (χ0v) is 19.2. The van der Waals surface area contributed by atoms with E-state index in [9.17, 15) is 27.9 Å². The van der Waals surface area contributed by atoms with E-state index in [2.05, 4.69) is 19.9 Å². The van der Waals surface area contributed by atoms with Crippen LogP contribution < -0.4 is 10.5 Å². The summed E-state index contributed by atoms with van der Waals surface area (Å²) in [4.78, 5) is 40.3. The number of pyridine rings is 1. The second-order valence-electron chi connectivity index (χ2n) is 8.60. The van der Waals surface area contributed by atoms with Crippen molar-refractivity contribution < 1.29 is 33.0 Å². The molecule has 1 saturated carbocycles. The summed E-state index contributed by atoms with van der Waals surface area (Å²) in [7, 11) is 0. The summed E-state index contributed by atoms with van der Waals surface area (Å²) in [5.74, 6) is -3.00. The normalized spacial score (nSPS) is 20.7. The predicted octanol–water partition coefficient (Wildman–Crippen LogP) is 4.46. The highest BCUT2D eigenvalue weighted by atomic mass is 19.4. The molecule has 0 unspecified atom stereocenters. The van der Waals surface area contributed by atoms with Crippen LogP contribution in [0.25, 0.3) is 21.7 Å². The molecular weight excluding hydrogens is 483 g/mol. The van der Waals surface area contributed by atoms with Crippen molar-refractivity contribution in [1.82, 2.24) is 4.98 Å². The first-order chi connectivity index (χ1) is 17.0. The van der Waals surface area contributed by atoms with Crippen LogP contribution in [0.4, 0.5) is 18.9 Å². The van der Waals surface area contributed by atoms with Crippen molar-refractivity contribution in [3.8, 4) is 11.3 Å². The molecule has 1 aromatic heterocycles. The van der Waals surface area contributed by atoms with Crippen molar-refractivity contribution in [2.75, 3.05) is 18.0 Å². The number of carbonyl (C=O) groups is 2. The largest absolute Gasteiger partial charge is 0.490 e. The summed E-state index contributed by atoms with van der Waals surface area (Å²) in [5, 5.41) is 20.3. The number of anilines is 1. The van der Waals surface area contributed by atoms with Crippen molar-refractivity contribution in [3.05, 3.63) is 62.3 Å². The number of nitrogens with one attached hydrogen (secondary N) is 1. The number of benzene rings is 1. The molecule has 192 valence electrons. The van der Waals surface area contributed by atoms with Crippen molar-refractivity contribution >= 4 is 17.6 Å². The number of alkyl halides is 3. The van der Waals surface area contributed by atoms with Crippen molar-refractivity contribution in [2.45, 2.75) is 38.4 Å². The molecule has 0 spiro atoms. The predicted molar refractivity (Wildman–Crippen MR) is 124 cm³/mol. The Morgan fingerprint density at radius 1 is 1.19 bits per heavy atom. The zero-order chi connectivity index (χ0) is 26.6. The third-order valence-electron chi connectivity index (χ3n) is 6.52. The second-order valence-corrected chi connectivity index (χ2v) is 8.60. The van der Waals surface area contributed by atoms with Crippen LogP contribution in [0.5, 0.6) is 0 Å². The van der Waals surface area contributed by atoms with E-state index in [-0.39, 0.29) is 11.6 Å². The molecule has 10 nitrogen and oxygen atoms in total. The number of aromatic carboxylic acids is 1. The minimum Gasteiger partial charge on any atom is -0.477 e. The van der Waals surface area contributed by atoms with Crippen LogP contribution in [0.1, 0.15) is 35.7 Å².